The summed E-state index contributed by atoms with van der Waals surface area (Å²) in [6.45, 7) is 1.56. The second-order valence-corrected chi connectivity index (χ2v) is 6.24. The van der Waals surface area contributed by atoms with Crippen molar-refractivity contribution in [2.45, 2.75) is 19.1 Å². The molecule has 2 atom stereocenters. The fourth-order valence-electron chi connectivity index (χ4n) is 3.87. The normalized spacial score (nSPS) is 38.2. The molecular weight excluding hydrogens is 250 g/mol. The lowest BCUT2D eigenvalue weighted by atomic mass is 9.76. The molecule has 0 N–H and O–H groups in total. The standard InChI is InChI=1S/C17H17NO2/c18-9-12-1-4-14(5-2-12)16-19-10-17(11-20-16)8-13-3-6-15(17)7-13/h1-6,13,15-16H,7-8,10-11H2/t13-,15-,16?,17?/m0/s1. The molecule has 3 heteroatoms. The van der Waals surface area contributed by atoms with Gasteiger partial charge in [-0.15, -0.1) is 0 Å². The highest BCUT2D eigenvalue weighted by Crippen LogP contribution is 2.54. The van der Waals surface area contributed by atoms with Crippen LogP contribution in [-0.4, -0.2) is 13.2 Å². The van der Waals surface area contributed by atoms with Crippen molar-refractivity contribution in [3.05, 3.63) is 47.5 Å². The van der Waals surface area contributed by atoms with E-state index in [2.05, 4.69) is 18.2 Å². The van der Waals surface area contributed by atoms with Gasteiger partial charge in [-0.05, 0) is 36.8 Å². The second-order valence-electron chi connectivity index (χ2n) is 6.24. The van der Waals surface area contributed by atoms with Gasteiger partial charge < -0.3 is 9.47 Å². The predicted octanol–water partition coefficient (Wildman–Crippen LogP) is 3.19. The van der Waals surface area contributed by atoms with Crippen LogP contribution in [0, 0.1) is 28.6 Å². The Morgan fingerprint density at radius 2 is 1.85 bits per heavy atom. The van der Waals surface area contributed by atoms with Crippen LogP contribution in [0.4, 0.5) is 0 Å². The number of hydrogen-bond acceptors (Lipinski definition) is 3. The van der Waals surface area contributed by atoms with E-state index < -0.39 is 0 Å². The molecule has 4 rings (SSSR count). The molecule has 1 aliphatic heterocycles. The molecule has 0 radical (unpaired) electrons. The number of rotatable bonds is 1. The molecule has 3 aliphatic rings. The first-order valence-corrected chi connectivity index (χ1v) is 7.21. The highest BCUT2D eigenvalue weighted by molar-refractivity contribution is 5.32. The second kappa shape index (κ2) is 4.44. The van der Waals surface area contributed by atoms with E-state index in [9.17, 15) is 0 Å². The summed E-state index contributed by atoms with van der Waals surface area (Å²) in [5.41, 5.74) is 1.87. The van der Waals surface area contributed by atoms with Crippen molar-refractivity contribution in [2.24, 2.45) is 17.3 Å². The molecule has 102 valence electrons. The van der Waals surface area contributed by atoms with Crippen molar-refractivity contribution in [1.29, 1.82) is 5.26 Å². The van der Waals surface area contributed by atoms with Gasteiger partial charge in [0.15, 0.2) is 6.29 Å². The molecule has 1 saturated carbocycles. The van der Waals surface area contributed by atoms with Crippen LogP contribution in [-0.2, 0) is 9.47 Å². The lowest BCUT2D eigenvalue weighted by molar-refractivity contribution is -0.239. The summed E-state index contributed by atoms with van der Waals surface area (Å²) in [5.74, 6) is 1.37. The minimum absolute atomic E-state index is 0.211. The van der Waals surface area contributed by atoms with Crippen LogP contribution < -0.4 is 0 Å². The zero-order valence-corrected chi connectivity index (χ0v) is 11.3. The van der Waals surface area contributed by atoms with Crippen molar-refractivity contribution < 1.29 is 9.47 Å². The minimum Gasteiger partial charge on any atom is -0.348 e. The fourth-order valence-corrected chi connectivity index (χ4v) is 3.87. The molecule has 2 aliphatic carbocycles. The highest BCUT2D eigenvalue weighted by atomic mass is 16.7. The van der Waals surface area contributed by atoms with E-state index in [0.29, 0.717) is 11.5 Å². The Morgan fingerprint density at radius 3 is 2.40 bits per heavy atom. The molecule has 0 unspecified atom stereocenters. The lowest BCUT2D eigenvalue weighted by Gasteiger charge is -2.41. The third-order valence-corrected chi connectivity index (χ3v) is 4.98. The Morgan fingerprint density at radius 1 is 1.10 bits per heavy atom. The van der Waals surface area contributed by atoms with E-state index in [-0.39, 0.29) is 11.7 Å². The first-order valence-electron chi connectivity index (χ1n) is 7.21. The molecule has 1 aromatic rings. The van der Waals surface area contributed by atoms with Gasteiger partial charge in [0.1, 0.15) is 0 Å². The van der Waals surface area contributed by atoms with Crippen LogP contribution >= 0.6 is 0 Å². The molecule has 0 aromatic heterocycles. The SMILES string of the molecule is N#Cc1ccc(C2OCC3(CO2)C[C@H]2C=C[C@H]3C2)cc1. The molecule has 2 bridgehead atoms. The van der Waals surface area contributed by atoms with Crippen molar-refractivity contribution in [1.82, 2.24) is 0 Å². The average Bonchev–Trinajstić information content (AvgIpc) is 3.09. The van der Waals surface area contributed by atoms with Crippen molar-refractivity contribution in [3.63, 3.8) is 0 Å². The van der Waals surface area contributed by atoms with Crippen LogP contribution in [0.3, 0.4) is 0 Å². The third-order valence-electron chi connectivity index (χ3n) is 4.98. The van der Waals surface area contributed by atoms with Crippen molar-refractivity contribution in [2.75, 3.05) is 13.2 Å². The third kappa shape index (κ3) is 1.80. The van der Waals surface area contributed by atoms with Crippen LogP contribution in [0.5, 0.6) is 0 Å². The van der Waals surface area contributed by atoms with Crippen LogP contribution in [0.1, 0.15) is 30.3 Å². The summed E-state index contributed by atoms with van der Waals surface area (Å²) in [4.78, 5) is 0. The highest BCUT2D eigenvalue weighted by Gasteiger charge is 2.51. The molecular formula is C17H17NO2. The number of nitrogens with zero attached hydrogens (tertiary/aromatic N) is 1. The molecule has 0 amide bonds. The van der Waals surface area contributed by atoms with Crippen molar-refractivity contribution in [3.8, 4) is 6.07 Å². The molecule has 20 heavy (non-hydrogen) atoms. The maximum Gasteiger partial charge on any atom is 0.183 e. The van der Waals surface area contributed by atoms with E-state index >= 15 is 0 Å². The van der Waals surface area contributed by atoms with Gasteiger partial charge in [0.25, 0.3) is 0 Å². The summed E-state index contributed by atoms with van der Waals surface area (Å²) in [7, 11) is 0. The first-order chi connectivity index (χ1) is 9.79. The number of allylic oxidation sites excluding steroid dienone is 2. The monoisotopic (exact) mass is 267 g/mol. The summed E-state index contributed by atoms with van der Waals surface area (Å²) >= 11 is 0. The Bertz CT molecular complexity index is 576. The maximum atomic E-state index is 8.82. The molecule has 1 heterocycles. The number of nitriles is 1. The Labute approximate surface area is 118 Å². The Balaban J connectivity index is 1.47. The van der Waals surface area contributed by atoms with Gasteiger partial charge in [-0.1, -0.05) is 24.3 Å². The van der Waals surface area contributed by atoms with E-state index in [1.54, 1.807) is 0 Å². The van der Waals surface area contributed by atoms with Gasteiger partial charge in [-0.25, -0.2) is 0 Å². The zero-order valence-electron chi connectivity index (χ0n) is 11.3. The summed E-state index contributed by atoms with van der Waals surface area (Å²) in [6, 6.07) is 9.59. The van der Waals surface area contributed by atoms with Gasteiger partial charge >= 0.3 is 0 Å². The van der Waals surface area contributed by atoms with Gasteiger partial charge in [0, 0.05) is 11.0 Å². The number of ether oxygens (including phenoxy) is 2. The van der Waals surface area contributed by atoms with Gasteiger partial charge in [-0.3, -0.25) is 0 Å². The Kier molecular flexibility index (Phi) is 2.70. The average molecular weight is 267 g/mol. The summed E-state index contributed by atoms with van der Waals surface area (Å²) in [5, 5.41) is 8.82. The van der Waals surface area contributed by atoms with Crippen LogP contribution in [0.2, 0.25) is 0 Å². The molecule has 1 saturated heterocycles. The quantitative estimate of drug-likeness (QED) is 0.734. The topological polar surface area (TPSA) is 42.2 Å². The molecule has 3 nitrogen and oxygen atoms in total. The fraction of sp³-hybridized carbons (Fsp3) is 0.471. The summed E-state index contributed by atoms with van der Waals surface area (Å²) < 4.78 is 12.0. The minimum atomic E-state index is -0.281. The Hall–Kier alpha value is -1.63. The van der Waals surface area contributed by atoms with E-state index in [1.165, 1.54) is 12.8 Å². The molecule has 2 fully saturated rings. The van der Waals surface area contributed by atoms with Gasteiger partial charge in [-0.2, -0.15) is 5.26 Å². The van der Waals surface area contributed by atoms with Crippen LogP contribution in [0.15, 0.2) is 36.4 Å². The largest absolute Gasteiger partial charge is 0.348 e. The molecule has 1 aromatic carbocycles. The molecule has 1 spiro atoms. The smallest absolute Gasteiger partial charge is 0.183 e. The predicted molar refractivity (Wildman–Crippen MR) is 73.6 cm³/mol. The van der Waals surface area contributed by atoms with E-state index in [1.807, 2.05) is 24.3 Å². The number of hydrogen-bond donors (Lipinski definition) is 0. The van der Waals surface area contributed by atoms with Gasteiger partial charge in [0.2, 0.25) is 0 Å². The number of fused-ring (bicyclic) bond motifs is 3. The van der Waals surface area contributed by atoms with E-state index in [0.717, 1.165) is 24.7 Å². The van der Waals surface area contributed by atoms with Gasteiger partial charge in [0.05, 0.1) is 24.8 Å². The first kappa shape index (κ1) is 12.1. The van der Waals surface area contributed by atoms with Crippen LogP contribution in [0.25, 0.3) is 0 Å². The van der Waals surface area contributed by atoms with E-state index in [4.69, 9.17) is 14.7 Å². The number of benzene rings is 1. The van der Waals surface area contributed by atoms with Crippen molar-refractivity contribution >= 4 is 0 Å². The zero-order chi connectivity index (χ0) is 13.6. The lowest BCUT2D eigenvalue weighted by Crippen LogP contribution is -2.41. The summed E-state index contributed by atoms with van der Waals surface area (Å²) in [6.07, 6.45) is 6.89. The maximum absolute atomic E-state index is 8.82.